The standard InChI is InChI=1S/C11H13N3O4/c15-11(16)9-4-1-2-7-13(9)10-8(14(17)18)5-3-6-12-10/h3,5-6,9H,1-2,4,7H2,(H,15,16)/t9-/m1/s1. The third-order valence-corrected chi connectivity index (χ3v) is 3.02. The molecule has 0 bridgehead atoms. The van der Waals surface area contributed by atoms with Crippen LogP contribution in [0.5, 0.6) is 0 Å². The van der Waals surface area contributed by atoms with Crippen LogP contribution in [0.2, 0.25) is 0 Å². The molecule has 1 fully saturated rings. The molecule has 2 heterocycles. The third-order valence-electron chi connectivity index (χ3n) is 3.02. The van der Waals surface area contributed by atoms with Crippen LogP contribution in [0.4, 0.5) is 11.5 Å². The topological polar surface area (TPSA) is 96.6 Å². The minimum absolute atomic E-state index is 0.148. The number of nitrogens with zero attached hydrogens (tertiary/aromatic N) is 3. The Bertz CT molecular complexity index is 477. The lowest BCUT2D eigenvalue weighted by Crippen LogP contribution is -2.45. The van der Waals surface area contributed by atoms with Gasteiger partial charge in [-0.25, -0.2) is 9.78 Å². The summed E-state index contributed by atoms with van der Waals surface area (Å²) in [5.74, 6) is -0.816. The molecule has 0 radical (unpaired) electrons. The van der Waals surface area contributed by atoms with Gasteiger partial charge in [0.2, 0.25) is 5.82 Å². The molecule has 1 aromatic heterocycles. The van der Waals surface area contributed by atoms with E-state index in [1.54, 1.807) is 0 Å². The zero-order valence-corrected chi connectivity index (χ0v) is 9.65. The van der Waals surface area contributed by atoms with Gasteiger partial charge in [-0.1, -0.05) is 0 Å². The maximum absolute atomic E-state index is 11.2. The van der Waals surface area contributed by atoms with Crippen LogP contribution < -0.4 is 4.90 Å². The molecule has 1 N–H and O–H groups in total. The fourth-order valence-corrected chi connectivity index (χ4v) is 2.19. The molecule has 1 aromatic rings. The number of pyridine rings is 1. The first kappa shape index (κ1) is 12.3. The quantitative estimate of drug-likeness (QED) is 0.644. The van der Waals surface area contributed by atoms with E-state index < -0.39 is 16.9 Å². The van der Waals surface area contributed by atoms with Crippen molar-refractivity contribution in [1.82, 2.24) is 4.98 Å². The van der Waals surface area contributed by atoms with E-state index in [1.807, 2.05) is 0 Å². The van der Waals surface area contributed by atoms with Crippen LogP contribution in [0.25, 0.3) is 0 Å². The molecule has 0 aromatic carbocycles. The lowest BCUT2D eigenvalue weighted by atomic mass is 10.0. The predicted octanol–water partition coefficient (Wildman–Crippen LogP) is 1.43. The zero-order valence-electron chi connectivity index (χ0n) is 9.65. The summed E-state index contributed by atoms with van der Waals surface area (Å²) in [7, 11) is 0. The molecular formula is C11H13N3O4. The van der Waals surface area contributed by atoms with Crippen LogP contribution in [-0.4, -0.2) is 33.6 Å². The summed E-state index contributed by atoms with van der Waals surface area (Å²) in [5.41, 5.74) is -0.148. The van der Waals surface area contributed by atoms with Crippen molar-refractivity contribution in [3.63, 3.8) is 0 Å². The van der Waals surface area contributed by atoms with Crippen LogP contribution in [0.15, 0.2) is 18.3 Å². The number of carbonyl (C=O) groups is 1. The van der Waals surface area contributed by atoms with Gasteiger partial charge in [-0.15, -0.1) is 0 Å². The Morgan fingerprint density at radius 2 is 2.33 bits per heavy atom. The molecule has 0 amide bonds. The molecule has 0 unspecified atom stereocenters. The molecule has 1 saturated heterocycles. The summed E-state index contributed by atoms with van der Waals surface area (Å²) in [6.45, 7) is 0.481. The molecule has 0 saturated carbocycles. The summed E-state index contributed by atoms with van der Waals surface area (Å²) in [4.78, 5) is 27.1. The maximum Gasteiger partial charge on any atom is 0.326 e. The van der Waals surface area contributed by atoms with Crippen LogP contribution in [0.3, 0.4) is 0 Å². The van der Waals surface area contributed by atoms with E-state index in [2.05, 4.69) is 4.98 Å². The van der Waals surface area contributed by atoms with Gasteiger partial charge in [0.25, 0.3) is 0 Å². The lowest BCUT2D eigenvalue weighted by Gasteiger charge is -2.33. The van der Waals surface area contributed by atoms with Gasteiger partial charge in [-0.3, -0.25) is 10.1 Å². The number of hydrogen-bond acceptors (Lipinski definition) is 5. The highest BCUT2D eigenvalue weighted by molar-refractivity contribution is 5.79. The average Bonchev–Trinajstić information content (AvgIpc) is 2.38. The lowest BCUT2D eigenvalue weighted by molar-refractivity contribution is -0.384. The smallest absolute Gasteiger partial charge is 0.326 e. The highest BCUT2D eigenvalue weighted by Crippen LogP contribution is 2.30. The zero-order chi connectivity index (χ0) is 13.1. The van der Waals surface area contributed by atoms with Gasteiger partial charge in [0, 0.05) is 18.8 Å². The fraction of sp³-hybridized carbons (Fsp3) is 0.455. The number of aromatic nitrogens is 1. The van der Waals surface area contributed by atoms with Gasteiger partial charge in [-0.05, 0) is 25.3 Å². The van der Waals surface area contributed by atoms with Crippen molar-refractivity contribution in [3.05, 3.63) is 28.4 Å². The van der Waals surface area contributed by atoms with Gasteiger partial charge in [0.05, 0.1) is 4.92 Å². The van der Waals surface area contributed by atoms with Crippen LogP contribution in [0.1, 0.15) is 19.3 Å². The Morgan fingerprint density at radius 3 is 3.00 bits per heavy atom. The molecule has 1 aliphatic rings. The highest BCUT2D eigenvalue weighted by Gasteiger charge is 2.33. The average molecular weight is 251 g/mol. The van der Waals surface area contributed by atoms with E-state index >= 15 is 0 Å². The molecule has 7 nitrogen and oxygen atoms in total. The molecular weight excluding hydrogens is 238 g/mol. The van der Waals surface area contributed by atoms with Crippen LogP contribution in [0, 0.1) is 10.1 Å². The number of carboxylic acid groups (broad SMARTS) is 1. The van der Waals surface area contributed by atoms with Crippen molar-refractivity contribution in [2.24, 2.45) is 0 Å². The van der Waals surface area contributed by atoms with E-state index in [1.165, 1.54) is 23.2 Å². The second-order valence-electron chi connectivity index (χ2n) is 4.15. The van der Waals surface area contributed by atoms with Gasteiger partial charge >= 0.3 is 11.7 Å². The first-order chi connectivity index (χ1) is 8.61. The Kier molecular flexibility index (Phi) is 3.40. The first-order valence-corrected chi connectivity index (χ1v) is 5.70. The molecule has 18 heavy (non-hydrogen) atoms. The molecule has 1 aliphatic heterocycles. The number of nitro groups is 1. The van der Waals surface area contributed by atoms with Crippen molar-refractivity contribution in [1.29, 1.82) is 0 Å². The molecule has 2 rings (SSSR count). The number of aliphatic carboxylic acids is 1. The molecule has 96 valence electrons. The van der Waals surface area contributed by atoms with Crippen LogP contribution >= 0.6 is 0 Å². The van der Waals surface area contributed by atoms with Gasteiger partial charge in [-0.2, -0.15) is 0 Å². The first-order valence-electron chi connectivity index (χ1n) is 5.70. The molecule has 0 aliphatic carbocycles. The fourth-order valence-electron chi connectivity index (χ4n) is 2.19. The number of carboxylic acids is 1. The number of anilines is 1. The number of rotatable bonds is 3. The molecule has 0 spiro atoms. The van der Waals surface area contributed by atoms with Crippen molar-refractivity contribution >= 4 is 17.5 Å². The summed E-state index contributed by atoms with van der Waals surface area (Å²) >= 11 is 0. The van der Waals surface area contributed by atoms with Crippen LogP contribution in [-0.2, 0) is 4.79 Å². The van der Waals surface area contributed by atoms with Crippen molar-refractivity contribution in [2.45, 2.75) is 25.3 Å². The van der Waals surface area contributed by atoms with Gasteiger partial charge in [0.15, 0.2) is 0 Å². The molecule has 1 atom stereocenters. The third kappa shape index (κ3) is 2.24. The highest BCUT2D eigenvalue weighted by atomic mass is 16.6. The second-order valence-corrected chi connectivity index (χ2v) is 4.15. The van der Waals surface area contributed by atoms with Crippen molar-refractivity contribution in [2.75, 3.05) is 11.4 Å². The summed E-state index contributed by atoms with van der Waals surface area (Å²) in [6, 6.07) is 2.09. The SMILES string of the molecule is O=C(O)[C@H]1CCCCN1c1ncccc1[N+](=O)[O-]. The summed E-state index contributed by atoms with van der Waals surface area (Å²) in [6.07, 6.45) is 3.56. The Hall–Kier alpha value is -2.18. The van der Waals surface area contributed by atoms with E-state index in [9.17, 15) is 14.9 Å². The normalized spacial score (nSPS) is 19.6. The monoisotopic (exact) mass is 251 g/mol. The Morgan fingerprint density at radius 1 is 1.56 bits per heavy atom. The Balaban J connectivity index is 2.39. The maximum atomic E-state index is 11.2. The number of piperidine rings is 1. The summed E-state index contributed by atoms with van der Waals surface area (Å²) in [5, 5.41) is 20.1. The van der Waals surface area contributed by atoms with Gasteiger partial charge < -0.3 is 10.0 Å². The second kappa shape index (κ2) is 4.99. The van der Waals surface area contributed by atoms with Crippen molar-refractivity contribution < 1.29 is 14.8 Å². The van der Waals surface area contributed by atoms with E-state index in [0.29, 0.717) is 13.0 Å². The Labute approximate surface area is 103 Å². The van der Waals surface area contributed by atoms with E-state index in [-0.39, 0.29) is 11.5 Å². The van der Waals surface area contributed by atoms with Gasteiger partial charge in [0.1, 0.15) is 6.04 Å². The predicted molar refractivity (Wildman–Crippen MR) is 63.5 cm³/mol. The van der Waals surface area contributed by atoms with E-state index in [0.717, 1.165) is 12.8 Å². The van der Waals surface area contributed by atoms with Crippen molar-refractivity contribution in [3.8, 4) is 0 Å². The number of hydrogen-bond donors (Lipinski definition) is 1. The minimum atomic E-state index is -0.963. The minimum Gasteiger partial charge on any atom is -0.480 e. The largest absolute Gasteiger partial charge is 0.480 e. The summed E-state index contributed by atoms with van der Waals surface area (Å²) < 4.78 is 0. The van der Waals surface area contributed by atoms with E-state index in [4.69, 9.17) is 5.11 Å². The molecule has 7 heteroatoms.